The summed E-state index contributed by atoms with van der Waals surface area (Å²) < 4.78 is 24.9. The summed E-state index contributed by atoms with van der Waals surface area (Å²) in [5.74, 6) is -1.40. The number of amides is 2. The van der Waals surface area contributed by atoms with Gasteiger partial charge in [0.1, 0.15) is 4.90 Å². The number of carbonyl (C=O) groups is 2. The van der Waals surface area contributed by atoms with Crippen LogP contribution in [0.15, 0.2) is 23.1 Å². The summed E-state index contributed by atoms with van der Waals surface area (Å²) in [5.41, 5.74) is 4.50. The second-order valence-electron chi connectivity index (χ2n) is 3.23. The van der Waals surface area contributed by atoms with Crippen LogP contribution in [0.4, 0.5) is 4.79 Å². The Kier molecular flexibility index (Phi) is 3.37. The van der Waals surface area contributed by atoms with Crippen molar-refractivity contribution < 1.29 is 23.1 Å². The smallest absolute Gasteiger partial charge is 0.337 e. The molecule has 1 aromatic carbocycles. The van der Waals surface area contributed by atoms with Crippen molar-refractivity contribution in [2.24, 2.45) is 5.73 Å². The van der Waals surface area contributed by atoms with Crippen LogP contribution in [0.1, 0.15) is 15.9 Å². The minimum atomic E-state index is -4.27. The van der Waals surface area contributed by atoms with Gasteiger partial charge in [-0.1, -0.05) is 12.1 Å². The number of benzene rings is 1. The Hall–Kier alpha value is -2.09. The number of hydrogen-bond donors (Lipinski definition) is 3. The highest BCUT2D eigenvalue weighted by atomic mass is 32.2. The summed E-state index contributed by atoms with van der Waals surface area (Å²) in [5, 5.41) is 8.88. The molecule has 1 rings (SSSR count). The second-order valence-corrected chi connectivity index (χ2v) is 4.85. The Labute approximate surface area is 97.3 Å². The SMILES string of the molecule is Cc1cccc(C(=O)O)c1S(=O)(=O)NC(N)=O. The number of hydrogen-bond acceptors (Lipinski definition) is 4. The average Bonchev–Trinajstić information content (AvgIpc) is 2.14. The van der Waals surface area contributed by atoms with Crippen LogP contribution in [0.2, 0.25) is 0 Å². The van der Waals surface area contributed by atoms with Gasteiger partial charge in [-0.2, -0.15) is 0 Å². The normalized spacial score (nSPS) is 10.9. The molecule has 0 bridgehead atoms. The van der Waals surface area contributed by atoms with Crippen LogP contribution < -0.4 is 10.5 Å². The van der Waals surface area contributed by atoms with Gasteiger partial charge in [-0.05, 0) is 18.6 Å². The average molecular weight is 258 g/mol. The minimum absolute atomic E-state index is 0.207. The van der Waals surface area contributed by atoms with Gasteiger partial charge in [0, 0.05) is 0 Å². The highest BCUT2D eigenvalue weighted by Gasteiger charge is 2.25. The van der Waals surface area contributed by atoms with Gasteiger partial charge in [0.05, 0.1) is 5.56 Å². The third kappa shape index (κ3) is 2.72. The lowest BCUT2D eigenvalue weighted by Crippen LogP contribution is -2.36. The Bertz CT molecular complexity index is 579. The molecule has 0 atom stereocenters. The quantitative estimate of drug-likeness (QED) is 0.706. The maximum Gasteiger partial charge on any atom is 0.337 e. The molecule has 17 heavy (non-hydrogen) atoms. The van der Waals surface area contributed by atoms with E-state index in [1.165, 1.54) is 23.8 Å². The van der Waals surface area contributed by atoms with Crippen LogP contribution in [0, 0.1) is 6.92 Å². The molecule has 1 aromatic rings. The number of sulfonamides is 1. The molecule has 2 amide bonds. The zero-order chi connectivity index (χ0) is 13.2. The van der Waals surface area contributed by atoms with E-state index < -0.39 is 32.5 Å². The largest absolute Gasteiger partial charge is 0.478 e. The summed E-state index contributed by atoms with van der Waals surface area (Å²) >= 11 is 0. The molecule has 8 heteroatoms. The predicted molar refractivity (Wildman–Crippen MR) is 58.0 cm³/mol. The Morgan fingerprint density at radius 2 is 1.94 bits per heavy atom. The van der Waals surface area contributed by atoms with Crippen LogP contribution in [0.25, 0.3) is 0 Å². The summed E-state index contributed by atoms with van der Waals surface area (Å²) in [6.45, 7) is 1.42. The van der Waals surface area contributed by atoms with Crippen molar-refractivity contribution >= 4 is 22.0 Å². The molecule has 0 radical (unpaired) electrons. The third-order valence-electron chi connectivity index (χ3n) is 1.95. The molecule has 0 heterocycles. The molecule has 0 spiro atoms. The van der Waals surface area contributed by atoms with E-state index in [2.05, 4.69) is 0 Å². The third-order valence-corrected chi connectivity index (χ3v) is 3.50. The molecule has 0 unspecified atom stereocenters. The lowest BCUT2D eigenvalue weighted by molar-refractivity contribution is 0.0692. The first kappa shape index (κ1) is 13.0. The molecular formula is C9H10N2O5S. The fraction of sp³-hybridized carbons (Fsp3) is 0.111. The Balaban J connectivity index is 3.50. The van der Waals surface area contributed by atoms with E-state index in [9.17, 15) is 18.0 Å². The van der Waals surface area contributed by atoms with Crippen LogP contribution >= 0.6 is 0 Å². The van der Waals surface area contributed by atoms with Crippen LogP contribution in [0.5, 0.6) is 0 Å². The summed E-state index contributed by atoms with van der Waals surface area (Å²) in [4.78, 5) is 21.0. The molecule has 0 aliphatic carbocycles. The van der Waals surface area contributed by atoms with E-state index in [1.807, 2.05) is 0 Å². The topological polar surface area (TPSA) is 127 Å². The van der Waals surface area contributed by atoms with Gasteiger partial charge in [0.25, 0.3) is 10.0 Å². The van der Waals surface area contributed by atoms with Crippen molar-refractivity contribution in [2.75, 3.05) is 0 Å². The number of urea groups is 1. The van der Waals surface area contributed by atoms with Crippen molar-refractivity contribution in [3.8, 4) is 0 Å². The number of aromatic carboxylic acids is 1. The van der Waals surface area contributed by atoms with Crippen LogP contribution in [-0.2, 0) is 10.0 Å². The second kappa shape index (κ2) is 4.42. The number of rotatable bonds is 3. The van der Waals surface area contributed by atoms with E-state index >= 15 is 0 Å². The van der Waals surface area contributed by atoms with E-state index in [-0.39, 0.29) is 5.56 Å². The van der Waals surface area contributed by atoms with Crippen LogP contribution in [0.3, 0.4) is 0 Å². The Morgan fingerprint density at radius 3 is 2.41 bits per heavy atom. The number of nitrogens with one attached hydrogen (secondary N) is 1. The molecule has 0 saturated heterocycles. The molecule has 0 saturated carbocycles. The molecule has 0 aliphatic rings. The highest BCUT2D eigenvalue weighted by molar-refractivity contribution is 7.90. The molecule has 4 N–H and O–H groups in total. The molecule has 92 valence electrons. The fourth-order valence-corrected chi connectivity index (χ4v) is 2.66. The number of aryl methyl sites for hydroxylation is 1. The van der Waals surface area contributed by atoms with E-state index in [1.54, 1.807) is 0 Å². The monoisotopic (exact) mass is 258 g/mol. The van der Waals surface area contributed by atoms with Gasteiger partial charge in [0.15, 0.2) is 0 Å². The molecular weight excluding hydrogens is 248 g/mol. The lowest BCUT2D eigenvalue weighted by Gasteiger charge is -2.10. The Morgan fingerprint density at radius 1 is 1.35 bits per heavy atom. The predicted octanol–water partition coefficient (Wildman–Crippen LogP) is 0.0502. The van der Waals surface area contributed by atoms with Gasteiger partial charge < -0.3 is 10.8 Å². The first-order chi connectivity index (χ1) is 7.75. The first-order valence-corrected chi connectivity index (χ1v) is 5.89. The van der Waals surface area contributed by atoms with E-state index in [0.717, 1.165) is 6.07 Å². The maximum atomic E-state index is 11.7. The van der Waals surface area contributed by atoms with Gasteiger partial charge in [-0.3, -0.25) is 0 Å². The van der Waals surface area contributed by atoms with Crippen molar-refractivity contribution in [3.05, 3.63) is 29.3 Å². The van der Waals surface area contributed by atoms with Crippen molar-refractivity contribution in [1.29, 1.82) is 0 Å². The van der Waals surface area contributed by atoms with Crippen molar-refractivity contribution in [2.45, 2.75) is 11.8 Å². The van der Waals surface area contributed by atoms with Gasteiger partial charge in [0.2, 0.25) is 0 Å². The number of carboxylic acids is 1. The van der Waals surface area contributed by atoms with E-state index in [0.29, 0.717) is 0 Å². The highest BCUT2D eigenvalue weighted by Crippen LogP contribution is 2.20. The fourth-order valence-electron chi connectivity index (χ4n) is 1.36. The van der Waals surface area contributed by atoms with Gasteiger partial charge in [-0.25, -0.2) is 22.7 Å². The molecule has 0 fully saturated rings. The van der Waals surface area contributed by atoms with Crippen molar-refractivity contribution in [3.63, 3.8) is 0 Å². The zero-order valence-corrected chi connectivity index (χ0v) is 9.61. The summed E-state index contributed by atoms with van der Waals surface area (Å²) in [6, 6.07) is 2.68. The minimum Gasteiger partial charge on any atom is -0.478 e. The van der Waals surface area contributed by atoms with Crippen LogP contribution in [-0.4, -0.2) is 25.5 Å². The number of carbonyl (C=O) groups excluding carboxylic acids is 1. The van der Waals surface area contributed by atoms with Crippen molar-refractivity contribution in [1.82, 2.24) is 4.72 Å². The summed E-state index contributed by atoms with van der Waals surface area (Å²) in [6.07, 6.45) is 0. The molecule has 7 nitrogen and oxygen atoms in total. The standard InChI is InChI=1S/C9H10N2O5S/c1-5-3-2-4-6(8(12)13)7(5)17(15,16)11-9(10)14/h2-4H,1H3,(H,12,13)(H3,10,11,14). The summed E-state index contributed by atoms with van der Waals surface area (Å²) in [7, 11) is -4.27. The number of primary amides is 1. The van der Waals surface area contributed by atoms with E-state index in [4.69, 9.17) is 10.8 Å². The molecule has 0 aromatic heterocycles. The number of nitrogens with two attached hydrogens (primary N) is 1. The first-order valence-electron chi connectivity index (χ1n) is 4.41. The lowest BCUT2D eigenvalue weighted by atomic mass is 10.1. The molecule has 0 aliphatic heterocycles. The maximum absolute atomic E-state index is 11.7. The number of carboxylic acid groups (broad SMARTS) is 1. The van der Waals surface area contributed by atoms with Gasteiger partial charge >= 0.3 is 12.0 Å². The zero-order valence-electron chi connectivity index (χ0n) is 8.80. The van der Waals surface area contributed by atoms with Gasteiger partial charge in [-0.15, -0.1) is 0 Å².